The van der Waals surface area contributed by atoms with Crippen LogP contribution < -0.4 is 0 Å². The van der Waals surface area contributed by atoms with Gasteiger partial charge in [-0.3, -0.25) is 0 Å². The standard InChI is InChI=1S/C7H8BrClO2S2/c1-4(2)6-5(8)3-12-7(6)13(9,10)11/h3-4H,1-2H3. The Morgan fingerprint density at radius 1 is 1.54 bits per heavy atom. The zero-order valence-electron chi connectivity index (χ0n) is 7.04. The average Bonchev–Trinajstić information content (AvgIpc) is 2.28. The maximum atomic E-state index is 11.1. The smallest absolute Gasteiger partial charge is 0.206 e. The molecule has 0 aromatic carbocycles. The monoisotopic (exact) mass is 302 g/mol. The van der Waals surface area contributed by atoms with E-state index >= 15 is 0 Å². The Bertz CT molecular complexity index is 408. The Morgan fingerprint density at radius 3 is 2.38 bits per heavy atom. The van der Waals surface area contributed by atoms with E-state index in [0.29, 0.717) is 0 Å². The van der Waals surface area contributed by atoms with E-state index in [2.05, 4.69) is 15.9 Å². The molecule has 0 aliphatic rings. The summed E-state index contributed by atoms with van der Waals surface area (Å²) in [6.45, 7) is 3.86. The molecule has 0 radical (unpaired) electrons. The van der Waals surface area contributed by atoms with Crippen molar-refractivity contribution in [2.75, 3.05) is 0 Å². The number of hydrogen-bond donors (Lipinski definition) is 0. The van der Waals surface area contributed by atoms with E-state index in [4.69, 9.17) is 10.7 Å². The molecule has 1 heterocycles. The SMILES string of the molecule is CC(C)c1c(Br)csc1S(=O)(=O)Cl. The summed E-state index contributed by atoms with van der Waals surface area (Å²) < 4.78 is 23.3. The summed E-state index contributed by atoms with van der Waals surface area (Å²) in [6.07, 6.45) is 0. The Balaban J connectivity index is 3.40. The molecule has 13 heavy (non-hydrogen) atoms. The lowest BCUT2D eigenvalue weighted by Gasteiger charge is -2.05. The second-order valence-electron chi connectivity index (χ2n) is 2.88. The molecular weight excluding hydrogens is 296 g/mol. The fourth-order valence-electron chi connectivity index (χ4n) is 1.03. The van der Waals surface area contributed by atoms with Crippen LogP contribution in [0.4, 0.5) is 0 Å². The van der Waals surface area contributed by atoms with Crippen LogP contribution in [0.1, 0.15) is 25.3 Å². The molecule has 0 saturated heterocycles. The van der Waals surface area contributed by atoms with Gasteiger partial charge in [-0.05, 0) is 27.4 Å². The fraction of sp³-hybridized carbons (Fsp3) is 0.429. The summed E-state index contributed by atoms with van der Waals surface area (Å²) >= 11 is 4.44. The lowest BCUT2D eigenvalue weighted by molar-refractivity contribution is 0.609. The first kappa shape index (κ1) is 11.5. The van der Waals surface area contributed by atoms with Crippen LogP contribution in [0, 0.1) is 0 Å². The molecule has 0 bridgehead atoms. The van der Waals surface area contributed by atoms with Gasteiger partial charge in [0.25, 0.3) is 9.05 Å². The summed E-state index contributed by atoms with van der Waals surface area (Å²) in [5.74, 6) is 0.143. The largest absolute Gasteiger partial charge is 0.271 e. The van der Waals surface area contributed by atoms with Gasteiger partial charge in [-0.15, -0.1) is 11.3 Å². The molecular formula is C7H8BrClO2S2. The highest BCUT2D eigenvalue weighted by atomic mass is 79.9. The Hall–Kier alpha value is 0.420. The number of thiophene rings is 1. The molecule has 6 heteroatoms. The average molecular weight is 304 g/mol. The van der Waals surface area contributed by atoms with Crippen molar-refractivity contribution in [1.82, 2.24) is 0 Å². The van der Waals surface area contributed by atoms with E-state index in [0.717, 1.165) is 21.4 Å². The van der Waals surface area contributed by atoms with Gasteiger partial charge in [-0.2, -0.15) is 0 Å². The molecule has 1 rings (SSSR count). The molecule has 2 nitrogen and oxygen atoms in total. The summed E-state index contributed by atoms with van der Waals surface area (Å²) in [4.78, 5) is 0. The minimum absolute atomic E-state index is 0.143. The third kappa shape index (κ3) is 2.46. The summed E-state index contributed by atoms with van der Waals surface area (Å²) in [6, 6.07) is 0. The van der Waals surface area contributed by atoms with E-state index in [1.54, 1.807) is 5.38 Å². The first-order valence-corrected chi connectivity index (χ1v) is 7.53. The van der Waals surface area contributed by atoms with Gasteiger partial charge in [0, 0.05) is 20.5 Å². The molecule has 0 unspecified atom stereocenters. The first-order valence-electron chi connectivity index (χ1n) is 3.55. The molecule has 0 atom stereocenters. The second-order valence-corrected chi connectivity index (χ2v) is 7.37. The van der Waals surface area contributed by atoms with E-state index < -0.39 is 9.05 Å². The van der Waals surface area contributed by atoms with Crippen LogP contribution in [0.15, 0.2) is 14.1 Å². The van der Waals surface area contributed by atoms with Crippen molar-refractivity contribution in [3.8, 4) is 0 Å². The van der Waals surface area contributed by atoms with E-state index in [1.165, 1.54) is 0 Å². The van der Waals surface area contributed by atoms with Crippen LogP contribution >= 0.6 is 37.9 Å². The fourth-order valence-corrected chi connectivity index (χ4v) is 4.83. The number of hydrogen-bond acceptors (Lipinski definition) is 3. The topological polar surface area (TPSA) is 34.1 Å². The van der Waals surface area contributed by atoms with Crippen LogP contribution in [-0.4, -0.2) is 8.42 Å². The molecule has 0 fully saturated rings. The Labute approximate surface area is 94.5 Å². The third-order valence-electron chi connectivity index (χ3n) is 1.55. The van der Waals surface area contributed by atoms with Crippen LogP contribution in [0.25, 0.3) is 0 Å². The van der Waals surface area contributed by atoms with Gasteiger partial charge >= 0.3 is 0 Å². The van der Waals surface area contributed by atoms with Crippen molar-refractivity contribution >= 4 is 47.0 Å². The molecule has 0 N–H and O–H groups in total. The molecule has 74 valence electrons. The van der Waals surface area contributed by atoms with Crippen molar-refractivity contribution in [3.63, 3.8) is 0 Å². The minimum atomic E-state index is -3.60. The summed E-state index contributed by atoms with van der Waals surface area (Å²) in [5, 5.41) is 1.74. The normalized spacial score (nSPS) is 12.4. The highest BCUT2D eigenvalue weighted by molar-refractivity contribution is 9.10. The van der Waals surface area contributed by atoms with Gasteiger partial charge in [-0.25, -0.2) is 8.42 Å². The van der Waals surface area contributed by atoms with Crippen LogP contribution in [0.2, 0.25) is 0 Å². The summed E-state index contributed by atoms with van der Waals surface area (Å²) in [5.41, 5.74) is 0.764. The molecule has 0 saturated carbocycles. The van der Waals surface area contributed by atoms with Crippen LogP contribution in [-0.2, 0) is 9.05 Å². The molecule has 0 aliphatic heterocycles. The molecule has 0 aliphatic carbocycles. The number of halogens is 2. The highest BCUT2D eigenvalue weighted by Crippen LogP contribution is 2.37. The van der Waals surface area contributed by atoms with Gasteiger partial charge in [0.05, 0.1) is 0 Å². The van der Waals surface area contributed by atoms with Crippen molar-refractivity contribution < 1.29 is 8.42 Å². The minimum Gasteiger partial charge on any atom is -0.206 e. The lowest BCUT2D eigenvalue weighted by Crippen LogP contribution is -1.95. The van der Waals surface area contributed by atoms with Crippen molar-refractivity contribution in [2.24, 2.45) is 0 Å². The van der Waals surface area contributed by atoms with Crippen LogP contribution in [0.3, 0.4) is 0 Å². The zero-order chi connectivity index (χ0) is 10.2. The van der Waals surface area contributed by atoms with E-state index in [9.17, 15) is 8.42 Å². The third-order valence-corrected chi connectivity index (χ3v) is 5.64. The molecule has 1 aromatic heterocycles. The van der Waals surface area contributed by atoms with Gasteiger partial charge in [0.2, 0.25) is 0 Å². The summed E-state index contributed by atoms with van der Waals surface area (Å²) in [7, 11) is 1.69. The molecule has 1 aromatic rings. The molecule has 0 amide bonds. The van der Waals surface area contributed by atoms with Crippen molar-refractivity contribution in [2.45, 2.75) is 24.0 Å². The maximum Gasteiger partial charge on any atom is 0.271 e. The van der Waals surface area contributed by atoms with Gasteiger partial charge in [0.1, 0.15) is 4.21 Å². The van der Waals surface area contributed by atoms with Gasteiger partial charge < -0.3 is 0 Å². The van der Waals surface area contributed by atoms with Crippen molar-refractivity contribution in [3.05, 3.63) is 15.4 Å². The predicted molar refractivity (Wildman–Crippen MR) is 59.1 cm³/mol. The second kappa shape index (κ2) is 3.88. The van der Waals surface area contributed by atoms with Crippen LogP contribution in [0.5, 0.6) is 0 Å². The maximum absolute atomic E-state index is 11.1. The first-order chi connectivity index (χ1) is 5.84. The Morgan fingerprint density at radius 2 is 2.08 bits per heavy atom. The van der Waals surface area contributed by atoms with E-state index in [1.807, 2.05) is 13.8 Å². The quantitative estimate of drug-likeness (QED) is 0.783. The van der Waals surface area contributed by atoms with Gasteiger partial charge in [0.15, 0.2) is 0 Å². The Kier molecular flexibility index (Phi) is 3.43. The number of rotatable bonds is 2. The molecule has 0 spiro atoms. The van der Waals surface area contributed by atoms with Crippen molar-refractivity contribution in [1.29, 1.82) is 0 Å². The van der Waals surface area contributed by atoms with Gasteiger partial charge in [-0.1, -0.05) is 13.8 Å². The highest BCUT2D eigenvalue weighted by Gasteiger charge is 2.22. The predicted octanol–water partition coefficient (Wildman–Crippen LogP) is 3.56. The zero-order valence-corrected chi connectivity index (χ0v) is 11.0. The lowest BCUT2D eigenvalue weighted by atomic mass is 10.1. The van der Waals surface area contributed by atoms with E-state index in [-0.39, 0.29) is 10.1 Å².